The molecule has 2 heterocycles. The third-order valence-corrected chi connectivity index (χ3v) is 5.79. The zero-order valence-electron chi connectivity index (χ0n) is 21.9. The molecule has 36 heavy (non-hydrogen) atoms. The highest BCUT2D eigenvalue weighted by atomic mass is 16.7. The van der Waals surface area contributed by atoms with E-state index >= 15 is 0 Å². The van der Waals surface area contributed by atoms with Gasteiger partial charge in [0.15, 0.2) is 6.04 Å². The molecule has 6 heteroatoms. The van der Waals surface area contributed by atoms with Crippen molar-refractivity contribution in [3.8, 4) is 5.75 Å². The first-order chi connectivity index (χ1) is 17.0. The van der Waals surface area contributed by atoms with Crippen molar-refractivity contribution in [2.24, 2.45) is 4.99 Å². The van der Waals surface area contributed by atoms with Crippen molar-refractivity contribution in [1.82, 2.24) is 4.98 Å². The molecule has 0 saturated carbocycles. The minimum absolute atomic E-state index is 0.306. The molecule has 1 aliphatic heterocycles. The van der Waals surface area contributed by atoms with E-state index in [2.05, 4.69) is 4.98 Å². The molecular formula is C30H34N2O4. The highest BCUT2D eigenvalue weighted by molar-refractivity contribution is 6.13. The van der Waals surface area contributed by atoms with Gasteiger partial charge in [-0.1, -0.05) is 60.7 Å². The topological polar surface area (TPSA) is 70.0 Å². The van der Waals surface area contributed by atoms with Crippen molar-refractivity contribution in [3.05, 3.63) is 94.8 Å². The third-order valence-electron chi connectivity index (χ3n) is 5.79. The average Bonchev–Trinajstić information content (AvgIpc) is 2.83. The third kappa shape index (κ3) is 6.18. The summed E-state index contributed by atoms with van der Waals surface area (Å²) in [6.45, 7) is 11.6. The van der Waals surface area contributed by atoms with Gasteiger partial charge in [0, 0.05) is 43.2 Å². The van der Waals surface area contributed by atoms with Crippen molar-refractivity contribution in [3.63, 3.8) is 0 Å². The number of carbonyl (C=O) groups excluding carboxylic acids is 1. The predicted molar refractivity (Wildman–Crippen MR) is 140 cm³/mol. The maximum absolute atomic E-state index is 13.5. The highest BCUT2D eigenvalue weighted by Crippen LogP contribution is 2.36. The molecule has 0 N–H and O–H groups in total. The fourth-order valence-corrected chi connectivity index (χ4v) is 4.09. The largest absolute Gasteiger partial charge is 0.461 e. The summed E-state index contributed by atoms with van der Waals surface area (Å²) >= 11 is 0. The first kappa shape index (κ1) is 25.6. The molecule has 4 rings (SSSR count). The number of pyridine rings is 1. The molecule has 188 valence electrons. The number of hydrogen-bond acceptors (Lipinski definition) is 6. The fraction of sp³-hybridized carbons (Fsp3) is 0.367. The molecule has 0 radical (unpaired) electrons. The van der Waals surface area contributed by atoms with Crippen molar-refractivity contribution >= 4 is 11.7 Å². The number of aryl methyl sites for hydroxylation is 1. The van der Waals surface area contributed by atoms with Crippen LogP contribution < -0.4 is 4.74 Å². The Morgan fingerprint density at radius 2 is 1.64 bits per heavy atom. The summed E-state index contributed by atoms with van der Waals surface area (Å²) in [6.07, 6.45) is 2.09. The molecule has 2 aromatic carbocycles. The summed E-state index contributed by atoms with van der Waals surface area (Å²) in [5, 5.41) is 0. The summed E-state index contributed by atoms with van der Waals surface area (Å²) in [5.41, 5.74) is 4.47. The molecular weight excluding hydrogens is 452 g/mol. The van der Waals surface area contributed by atoms with Crippen LogP contribution in [0.1, 0.15) is 62.6 Å². The van der Waals surface area contributed by atoms with E-state index in [-0.39, 0.29) is 5.97 Å². The molecule has 3 aromatic rings. The second kappa shape index (κ2) is 10.2. The van der Waals surface area contributed by atoms with Gasteiger partial charge < -0.3 is 14.2 Å². The summed E-state index contributed by atoms with van der Waals surface area (Å²) in [4.78, 5) is 23.1. The first-order valence-electron chi connectivity index (χ1n) is 12.2. The van der Waals surface area contributed by atoms with Gasteiger partial charge in [0.05, 0.1) is 18.0 Å². The van der Waals surface area contributed by atoms with Crippen LogP contribution in [0.25, 0.3) is 0 Å². The molecule has 0 spiro atoms. The summed E-state index contributed by atoms with van der Waals surface area (Å²) in [5.74, 6) is -0.421. The molecule has 6 nitrogen and oxygen atoms in total. The Kier molecular flexibility index (Phi) is 7.27. The number of aliphatic imine (C=N–C) groups is 1. The smallest absolute Gasteiger partial charge is 0.331 e. The zero-order chi connectivity index (χ0) is 25.9. The summed E-state index contributed by atoms with van der Waals surface area (Å²) < 4.78 is 17.8. The van der Waals surface area contributed by atoms with Gasteiger partial charge in [0.2, 0.25) is 5.79 Å². The van der Waals surface area contributed by atoms with E-state index < -0.39 is 17.4 Å². The number of hydrogen-bond donors (Lipinski definition) is 0. The first-order valence-corrected chi connectivity index (χ1v) is 12.2. The zero-order valence-corrected chi connectivity index (χ0v) is 21.9. The lowest BCUT2D eigenvalue weighted by Gasteiger charge is -2.34. The molecule has 1 aliphatic rings. The van der Waals surface area contributed by atoms with Gasteiger partial charge in [-0.3, -0.25) is 9.98 Å². The molecule has 1 atom stereocenters. The van der Waals surface area contributed by atoms with Crippen LogP contribution in [-0.2, 0) is 27.3 Å². The molecule has 0 amide bonds. The Labute approximate surface area is 213 Å². The summed E-state index contributed by atoms with van der Waals surface area (Å²) in [6, 6.07) is 19.0. The van der Waals surface area contributed by atoms with Gasteiger partial charge in [-0.25, -0.2) is 4.79 Å². The Bertz CT molecular complexity index is 1200. The van der Waals surface area contributed by atoms with Crippen LogP contribution >= 0.6 is 0 Å². The minimum Gasteiger partial charge on any atom is -0.461 e. The number of nitrogens with zero attached hydrogens (tertiary/aromatic N) is 2. The lowest BCUT2D eigenvalue weighted by Crippen LogP contribution is -2.37. The van der Waals surface area contributed by atoms with E-state index in [1.165, 1.54) is 0 Å². The SMILES string of the molecule is Cc1ncc(C[C@H](N=C(c2ccccc2)c2ccccc2)C(=O)OC(C)(C)C)c2c1OC(C)(C)OC2. The molecule has 0 fully saturated rings. The Hall–Kier alpha value is -3.51. The second-order valence-electron chi connectivity index (χ2n) is 10.4. The van der Waals surface area contributed by atoms with Crippen molar-refractivity contribution in [1.29, 1.82) is 0 Å². The lowest BCUT2D eigenvalue weighted by molar-refractivity contribution is -0.181. The van der Waals surface area contributed by atoms with Gasteiger partial charge in [-0.05, 0) is 33.3 Å². The van der Waals surface area contributed by atoms with E-state index in [1.807, 2.05) is 102 Å². The highest BCUT2D eigenvalue weighted by Gasteiger charge is 2.33. The molecule has 0 bridgehead atoms. The van der Waals surface area contributed by atoms with E-state index in [9.17, 15) is 4.79 Å². The Balaban J connectivity index is 1.80. The number of carbonyl (C=O) groups is 1. The van der Waals surface area contributed by atoms with Gasteiger partial charge in [-0.2, -0.15) is 0 Å². The summed E-state index contributed by atoms with van der Waals surface area (Å²) in [7, 11) is 0. The van der Waals surface area contributed by atoms with Crippen molar-refractivity contribution in [2.45, 2.75) is 72.0 Å². The number of benzene rings is 2. The van der Waals surface area contributed by atoms with E-state index in [0.717, 1.165) is 33.7 Å². The average molecular weight is 487 g/mol. The lowest BCUT2D eigenvalue weighted by atomic mass is 9.98. The monoisotopic (exact) mass is 486 g/mol. The van der Waals surface area contributed by atoms with E-state index in [4.69, 9.17) is 19.2 Å². The van der Waals surface area contributed by atoms with Gasteiger partial charge in [0.25, 0.3) is 0 Å². The molecule has 1 aromatic heterocycles. The van der Waals surface area contributed by atoms with Crippen LogP contribution in [0.4, 0.5) is 0 Å². The Morgan fingerprint density at radius 3 is 2.19 bits per heavy atom. The van der Waals surface area contributed by atoms with Crippen LogP contribution in [0, 0.1) is 6.92 Å². The number of ether oxygens (including phenoxy) is 3. The Morgan fingerprint density at radius 1 is 1.06 bits per heavy atom. The molecule has 0 aliphatic carbocycles. The fourth-order valence-electron chi connectivity index (χ4n) is 4.09. The van der Waals surface area contributed by atoms with Gasteiger partial charge in [0.1, 0.15) is 11.4 Å². The maximum Gasteiger partial charge on any atom is 0.331 e. The van der Waals surface area contributed by atoms with Gasteiger partial charge in [-0.15, -0.1) is 0 Å². The molecule has 0 saturated heterocycles. The van der Waals surface area contributed by atoms with Crippen LogP contribution in [0.2, 0.25) is 0 Å². The van der Waals surface area contributed by atoms with E-state index in [1.54, 1.807) is 6.20 Å². The van der Waals surface area contributed by atoms with Crippen molar-refractivity contribution in [2.75, 3.05) is 0 Å². The number of aromatic nitrogens is 1. The number of esters is 1. The second-order valence-corrected chi connectivity index (χ2v) is 10.4. The molecule has 0 unspecified atom stereocenters. The van der Waals surface area contributed by atoms with Crippen LogP contribution in [0.15, 0.2) is 71.9 Å². The standard InChI is InChI=1S/C30H34N2O4/c1-20-27-24(19-34-30(5,6)35-27)23(18-31-20)17-25(28(33)36-29(2,3)4)32-26(21-13-9-7-10-14-21)22-15-11-8-12-16-22/h7-16,18,25H,17,19H2,1-6H3/t25-/m0/s1. The predicted octanol–water partition coefficient (Wildman–Crippen LogP) is 5.83. The maximum atomic E-state index is 13.5. The quantitative estimate of drug-likeness (QED) is 0.324. The normalized spacial score (nSPS) is 15.3. The minimum atomic E-state index is -0.789. The van der Waals surface area contributed by atoms with Gasteiger partial charge >= 0.3 is 5.97 Å². The van der Waals surface area contributed by atoms with Crippen LogP contribution in [0.5, 0.6) is 5.75 Å². The van der Waals surface area contributed by atoms with E-state index in [0.29, 0.717) is 18.8 Å². The number of rotatable bonds is 6. The number of fused-ring (bicyclic) bond motifs is 1. The van der Waals surface area contributed by atoms with Crippen molar-refractivity contribution < 1.29 is 19.0 Å². The van der Waals surface area contributed by atoms with Crippen LogP contribution in [0.3, 0.4) is 0 Å². The van der Waals surface area contributed by atoms with Crippen LogP contribution in [-0.4, -0.2) is 34.1 Å².